The number of alkyl carbamates (subject to hydrolysis) is 1. The summed E-state index contributed by atoms with van der Waals surface area (Å²) in [6, 6.07) is 0.573. The molecule has 0 saturated carbocycles. The first-order chi connectivity index (χ1) is 9.15. The summed E-state index contributed by atoms with van der Waals surface area (Å²) in [5.41, 5.74) is 5.39. The quantitative estimate of drug-likeness (QED) is 0.810. The predicted octanol–water partition coefficient (Wildman–Crippen LogP) is 1.96. The lowest BCUT2D eigenvalue weighted by molar-refractivity contribution is 0.0496. The number of hydrogen-bond donors (Lipinski definition) is 2. The van der Waals surface area contributed by atoms with E-state index in [4.69, 9.17) is 10.5 Å². The van der Waals surface area contributed by atoms with Gasteiger partial charge in [-0.3, -0.25) is 0 Å². The van der Waals surface area contributed by atoms with Crippen LogP contribution in [0, 0.1) is 5.41 Å². The number of amides is 1. The zero-order chi connectivity index (χ0) is 15.4. The zero-order valence-electron chi connectivity index (χ0n) is 13.7. The summed E-state index contributed by atoms with van der Waals surface area (Å²) in [4.78, 5) is 14.1. The van der Waals surface area contributed by atoms with Gasteiger partial charge in [-0.25, -0.2) is 4.79 Å². The second kappa shape index (κ2) is 6.76. The molecule has 3 N–H and O–H groups in total. The van der Waals surface area contributed by atoms with Crippen molar-refractivity contribution >= 4 is 6.09 Å². The Morgan fingerprint density at radius 1 is 1.40 bits per heavy atom. The topological polar surface area (TPSA) is 67.6 Å². The minimum absolute atomic E-state index is 0.0832. The van der Waals surface area contributed by atoms with Crippen LogP contribution in [0.2, 0.25) is 0 Å². The van der Waals surface area contributed by atoms with Gasteiger partial charge in [0.1, 0.15) is 5.60 Å². The van der Waals surface area contributed by atoms with Crippen LogP contribution in [0.25, 0.3) is 0 Å². The third-order valence-electron chi connectivity index (χ3n) is 3.95. The number of likely N-dealkylation sites (tertiary alicyclic amines) is 1. The Bertz CT molecular complexity index is 328. The van der Waals surface area contributed by atoms with Gasteiger partial charge in [0.25, 0.3) is 0 Å². The number of hydrogen-bond acceptors (Lipinski definition) is 4. The first kappa shape index (κ1) is 17.2. The maximum Gasteiger partial charge on any atom is 0.407 e. The van der Waals surface area contributed by atoms with Gasteiger partial charge in [0.15, 0.2) is 0 Å². The maximum absolute atomic E-state index is 11.7. The smallest absolute Gasteiger partial charge is 0.407 e. The number of nitrogens with one attached hydrogen (secondary N) is 1. The van der Waals surface area contributed by atoms with Crippen LogP contribution in [-0.4, -0.2) is 49.3 Å². The molecule has 20 heavy (non-hydrogen) atoms. The van der Waals surface area contributed by atoms with Crippen molar-refractivity contribution in [1.29, 1.82) is 0 Å². The van der Waals surface area contributed by atoms with Crippen LogP contribution in [0.15, 0.2) is 0 Å². The molecule has 1 amide bonds. The molecule has 0 bridgehead atoms. The number of nitrogens with two attached hydrogens (primary N) is 1. The van der Waals surface area contributed by atoms with Crippen molar-refractivity contribution in [2.75, 3.05) is 26.7 Å². The van der Waals surface area contributed by atoms with Crippen LogP contribution in [-0.2, 0) is 4.74 Å². The Hall–Kier alpha value is -0.810. The highest BCUT2D eigenvalue weighted by Crippen LogP contribution is 2.28. The summed E-state index contributed by atoms with van der Waals surface area (Å²) in [5, 5.41) is 2.86. The number of carbonyl (C=O) groups excluding carboxylic acids is 1. The Morgan fingerprint density at radius 3 is 2.50 bits per heavy atom. The van der Waals surface area contributed by atoms with E-state index < -0.39 is 5.60 Å². The Balaban J connectivity index is 2.46. The number of nitrogens with zero attached hydrogens (tertiary/aromatic N) is 1. The SMILES string of the molecule is CN1CCCC1CC(C)(CN)CNC(=O)OC(C)(C)C. The lowest BCUT2D eigenvalue weighted by Gasteiger charge is -2.33. The zero-order valence-corrected chi connectivity index (χ0v) is 13.7. The van der Waals surface area contributed by atoms with Crippen LogP contribution in [0.5, 0.6) is 0 Å². The summed E-state index contributed by atoms with van der Waals surface area (Å²) in [6.07, 6.45) is 3.12. The largest absolute Gasteiger partial charge is 0.444 e. The standard InChI is InChI=1S/C15H31N3O2/c1-14(2,3)20-13(19)17-11-15(4,10-16)9-12-7-6-8-18(12)5/h12H,6-11,16H2,1-5H3,(H,17,19). The monoisotopic (exact) mass is 285 g/mol. The molecule has 2 atom stereocenters. The van der Waals surface area contributed by atoms with Gasteiger partial charge in [-0.15, -0.1) is 0 Å². The van der Waals surface area contributed by atoms with Crippen LogP contribution in [0.3, 0.4) is 0 Å². The van der Waals surface area contributed by atoms with E-state index in [1.807, 2.05) is 20.8 Å². The molecule has 118 valence electrons. The normalized spacial score (nSPS) is 23.4. The van der Waals surface area contributed by atoms with Gasteiger partial charge in [-0.2, -0.15) is 0 Å². The highest BCUT2D eigenvalue weighted by Gasteiger charge is 2.32. The Labute approximate surface area is 123 Å². The van der Waals surface area contributed by atoms with E-state index in [9.17, 15) is 4.79 Å². The van der Waals surface area contributed by atoms with Crippen molar-refractivity contribution in [2.24, 2.45) is 11.1 Å². The molecule has 0 aromatic carbocycles. The molecule has 2 unspecified atom stereocenters. The lowest BCUT2D eigenvalue weighted by Crippen LogP contribution is -2.45. The molecule has 0 radical (unpaired) electrons. The van der Waals surface area contributed by atoms with Crippen LogP contribution in [0.1, 0.15) is 47.0 Å². The number of ether oxygens (including phenoxy) is 1. The summed E-state index contributed by atoms with van der Waals surface area (Å²) in [6.45, 7) is 10.0. The van der Waals surface area contributed by atoms with E-state index >= 15 is 0 Å². The molecule has 5 heteroatoms. The second-order valence-corrected chi connectivity index (χ2v) is 7.35. The third-order valence-corrected chi connectivity index (χ3v) is 3.95. The first-order valence-corrected chi connectivity index (χ1v) is 7.52. The fraction of sp³-hybridized carbons (Fsp3) is 0.933. The van der Waals surface area contributed by atoms with Crippen molar-refractivity contribution in [2.45, 2.75) is 58.6 Å². The first-order valence-electron chi connectivity index (χ1n) is 7.52. The van der Waals surface area contributed by atoms with Gasteiger partial charge >= 0.3 is 6.09 Å². The second-order valence-electron chi connectivity index (χ2n) is 7.35. The van der Waals surface area contributed by atoms with Crippen LogP contribution in [0.4, 0.5) is 4.79 Å². The van der Waals surface area contributed by atoms with E-state index in [0.29, 0.717) is 19.1 Å². The minimum Gasteiger partial charge on any atom is -0.444 e. The summed E-state index contributed by atoms with van der Waals surface area (Å²) in [5.74, 6) is 0. The highest BCUT2D eigenvalue weighted by molar-refractivity contribution is 5.67. The summed E-state index contributed by atoms with van der Waals surface area (Å²) in [7, 11) is 2.16. The minimum atomic E-state index is -0.463. The van der Waals surface area contributed by atoms with Gasteiger partial charge in [-0.05, 0) is 65.6 Å². The average molecular weight is 285 g/mol. The van der Waals surface area contributed by atoms with Crippen molar-refractivity contribution in [3.63, 3.8) is 0 Å². The molecule has 1 aliphatic heterocycles. The van der Waals surface area contributed by atoms with E-state index in [1.165, 1.54) is 12.8 Å². The molecule has 1 rings (SSSR count). The van der Waals surface area contributed by atoms with Crippen molar-refractivity contribution in [3.05, 3.63) is 0 Å². The summed E-state index contributed by atoms with van der Waals surface area (Å²) < 4.78 is 5.27. The molecular formula is C15H31N3O2. The van der Waals surface area contributed by atoms with Crippen molar-refractivity contribution in [3.8, 4) is 0 Å². The molecule has 0 spiro atoms. The van der Waals surface area contributed by atoms with Gasteiger partial charge in [0, 0.05) is 12.6 Å². The molecule has 0 aromatic heterocycles. The molecule has 0 aromatic rings. The van der Waals surface area contributed by atoms with Gasteiger partial charge in [0.05, 0.1) is 0 Å². The molecule has 0 aliphatic carbocycles. The summed E-state index contributed by atoms with van der Waals surface area (Å²) >= 11 is 0. The highest BCUT2D eigenvalue weighted by atomic mass is 16.6. The Kier molecular flexibility index (Phi) is 5.83. The fourth-order valence-corrected chi connectivity index (χ4v) is 2.63. The molecule has 1 heterocycles. The average Bonchev–Trinajstić information content (AvgIpc) is 2.70. The number of rotatable bonds is 5. The molecule has 5 nitrogen and oxygen atoms in total. The van der Waals surface area contributed by atoms with Gasteiger partial charge in [-0.1, -0.05) is 6.92 Å². The third kappa shape index (κ3) is 5.67. The van der Waals surface area contributed by atoms with Crippen LogP contribution >= 0.6 is 0 Å². The molecule has 1 fully saturated rings. The molecule has 1 aliphatic rings. The van der Waals surface area contributed by atoms with Crippen LogP contribution < -0.4 is 11.1 Å². The van der Waals surface area contributed by atoms with E-state index in [0.717, 1.165) is 13.0 Å². The van der Waals surface area contributed by atoms with Crippen molar-refractivity contribution < 1.29 is 9.53 Å². The maximum atomic E-state index is 11.7. The molecular weight excluding hydrogens is 254 g/mol. The van der Waals surface area contributed by atoms with Gasteiger partial charge < -0.3 is 20.7 Å². The van der Waals surface area contributed by atoms with E-state index in [2.05, 4.69) is 24.2 Å². The van der Waals surface area contributed by atoms with E-state index in [-0.39, 0.29) is 11.5 Å². The number of carbonyl (C=O) groups is 1. The predicted molar refractivity (Wildman–Crippen MR) is 81.7 cm³/mol. The lowest BCUT2D eigenvalue weighted by atomic mass is 9.83. The Morgan fingerprint density at radius 2 is 2.05 bits per heavy atom. The van der Waals surface area contributed by atoms with Crippen molar-refractivity contribution in [1.82, 2.24) is 10.2 Å². The molecule has 1 saturated heterocycles. The fourth-order valence-electron chi connectivity index (χ4n) is 2.63. The van der Waals surface area contributed by atoms with Gasteiger partial charge in [0.2, 0.25) is 0 Å². The van der Waals surface area contributed by atoms with E-state index in [1.54, 1.807) is 0 Å².